The number of hydrogen-bond acceptors (Lipinski definition) is 4. The van der Waals surface area contributed by atoms with E-state index in [4.69, 9.17) is 4.74 Å². The van der Waals surface area contributed by atoms with Gasteiger partial charge in [-0.05, 0) is 143 Å². The van der Waals surface area contributed by atoms with E-state index in [1.165, 1.54) is 16.3 Å². The van der Waals surface area contributed by atoms with Gasteiger partial charge in [0.05, 0.1) is 33.4 Å². The topological polar surface area (TPSA) is 28.8 Å². The Labute approximate surface area is 488 Å². The zero-order valence-corrected chi connectivity index (χ0v) is 46.0. The highest BCUT2D eigenvalue weighted by atomic mass is 19.1. The molecular weight excluding hydrogens is 1050 g/mol. The van der Waals surface area contributed by atoms with Gasteiger partial charge in [-0.15, -0.1) is 0 Å². The molecule has 11 heteroatoms. The summed E-state index contributed by atoms with van der Waals surface area (Å²) < 4.78 is 61.1. The van der Waals surface area contributed by atoms with Gasteiger partial charge in [0.2, 0.25) is 0 Å². The van der Waals surface area contributed by atoms with Crippen molar-refractivity contribution in [2.45, 2.75) is 13.8 Å². The predicted molar refractivity (Wildman–Crippen MR) is 344 cm³/mol. The second kappa shape index (κ2) is 17.7. The van der Waals surface area contributed by atoms with Crippen molar-refractivity contribution >= 4 is 141 Å². The van der Waals surface area contributed by atoms with Gasteiger partial charge in [0, 0.05) is 85.2 Å². The Hall–Kier alpha value is -10.6. The lowest BCUT2D eigenvalue weighted by Crippen LogP contribution is -2.64. The Kier molecular flexibility index (Phi) is 9.98. The van der Waals surface area contributed by atoms with Gasteiger partial charge in [0.25, 0.3) is 13.4 Å². The highest BCUT2D eigenvalue weighted by Gasteiger charge is 2.49. The molecule has 0 bridgehead atoms. The fourth-order valence-electron chi connectivity index (χ4n) is 15.0. The smallest absolute Gasteiger partial charge is 0.256 e. The van der Waals surface area contributed by atoms with Crippen LogP contribution in [-0.2, 0) is 0 Å². The van der Waals surface area contributed by atoms with Gasteiger partial charge in [-0.25, -0.2) is 13.2 Å². The zero-order valence-electron chi connectivity index (χ0n) is 46.0. The minimum absolute atomic E-state index is 0.283. The number of para-hydroxylation sites is 6. The Bertz CT molecular complexity index is 5210. The van der Waals surface area contributed by atoms with Gasteiger partial charge >= 0.3 is 0 Å². The van der Waals surface area contributed by atoms with Crippen LogP contribution in [0, 0.1) is 31.3 Å². The zero-order chi connectivity index (χ0) is 56.5. The number of anilines is 9. The summed E-state index contributed by atoms with van der Waals surface area (Å²) in [6.45, 7) is 3.58. The summed E-state index contributed by atoms with van der Waals surface area (Å²) in [6, 6.07) is 82.6. The number of rotatable bonds is 5. The number of hydrogen-bond donors (Lipinski definition) is 0. The first-order chi connectivity index (χ1) is 41.8. The number of nitrogens with zero attached hydrogens (tertiary/aromatic N) is 5. The molecule has 400 valence electrons. The lowest BCUT2D eigenvalue weighted by Gasteiger charge is -2.46. The van der Waals surface area contributed by atoms with E-state index in [0.717, 1.165) is 140 Å². The van der Waals surface area contributed by atoms with Crippen LogP contribution in [0.2, 0.25) is 0 Å². The summed E-state index contributed by atoms with van der Waals surface area (Å²) >= 11 is 0. The number of benzene rings is 12. The molecule has 0 fully saturated rings. The Morgan fingerprint density at radius 3 is 1.40 bits per heavy atom. The normalized spacial score (nSPS) is 13.4. The summed E-state index contributed by atoms with van der Waals surface area (Å²) in [7, 11) is 0. The monoisotopic (exact) mass is 1100 g/mol. The third-order valence-electron chi connectivity index (χ3n) is 18.3. The molecule has 0 saturated heterocycles. The van der Waals surface area contributed by atoms with Crippen LogP contribution in [0.15, 0.2) is 243 Å². The fraction of sp³-hybridized carbons (Fsp3) is 0.0270. The minimum Gasteiger partial charge on any atom is -0.458 e. The Morgan fingerprint density at radius 2 is 0.800 bits per heavy atom. The van der Waals surface area contributed by atoms with Crippen molar-refractivity contribution in [3.63, 3.8) is 0 Å². The van der Waals surface area contributed by atoms with Crippen LogP contribution in [0.3, 0.4) is 0 Å². The molecule has 18 rings (SSSR count). The van der Waals surface area contributed by atoms with E-state index >= 15 is 13.2 Å². The van der Waals surface area contributed by atoms with E-state index in [1.54, 1.807) is 4.90 Å². The van der Waals surface area contributed by atoms with Crippen LogP contribution in [0.25, 0.3) is 55.0 Å². The Balaban J connectivity index is 0.972. The summed E-state index contributed by atoms with van der Waals surface area (Å²) in [4.78, 5) is 6.45. The Morgan fingerprint density at radius 1 is 0.329 bits per heavy atom. The highest BCUT2D eigenvalue weighted by Crippen LogP contribution is 2.50. The van der Waals surface area contributed by atoms with Crippen molar-refractivity contribution in [1.29, 1.82) is 0 Å². The quantitative estimate of drug-likeness (QED) is 0.161. The van der Waals surface area contributed by atoms with Gasteiger partial charge in [-0.3, -0.25) is 0 Å². The molecule has 14 aromatic rings. The number of aryl methyl sites for hydroxylation is 2. The minimum atomic E-state index is -1.01. The third-order valence-corrected chi connectivity index (χ3v) is 18.3. The summed E-state index contributed by atoms with van der Waals surface area (Å²) in [5, 5.41) is 4.61. The van der Waals surface area contributed by atoms with E-state index in [1.807, 2.05) is 30.3 Å². The second-order valence-corrected chi connectivity index (χ2v) is 22.8. The van der Waals surface area contributed by atoms with Crippen LogP contribution in [0.5, 0.6) is 11.5 Å². The molecule has 0 unspecified atom stereocenters. The molecule has 0 atom stereocenters. The van der Waals surface area contributed by atoms with Crippen molar-refractivity contribution in [3.8, 4) is 22.9 Å². The molecule has 85 heavy (non-hydrogen) atoms. The molecule has 4 aliphatic rings. The van der Waals surface area contributed by atoms with Gasteiger partial charge in [-0.2, -0.15) is 0 Å². The van der Waals surface area contributed by atoms with Crippen molar-refractivity contribution in [2.75, 3.05) is 14.7 Å². The molecule has 0 amide bonds. The molecule has 0 aliphatic carbocycles. The van der Waals surface area contributed by atoms with Gasteiger partial charge < -0.3 is 28.6 Å². The first kappa shape index (κ1) is 47.9. The number of halogens is 3. The summed E-state index contributed by atoms with van der Waals surface area (Å²) in [5.41, 5.74) is 20.7. The van der Waals surface area contributed by atoms with Crippen LogP contribution < -0.4 is 52.2 Å². The van der Waals surface area contributed by atoms with Crippen molar-refractivity contribution in [2.24, 2.45) is 0 Å². The highest BCUT2D eigenvalue weighted by molar-refractivity contribution is 7.02. The van der Waals surface area contributed by atoms with Crippen molar-refractivity contribution in [3.05, 3.63) is 271 Å². The molecular formula is C74H46B2F3N5O. The average Bonchev–Trinajstić information content (AvgIpc) is 1.89. The molecule has 0 spiro atoms. The molecule has 0 saturated carbocycles. The third kappa shape index (κ3) is 6.63. The molecule has 6 nitrogen and oxygen atoms in total. The van der Waals surface area contributed by atoms with Crippen molar-refractivity contribution in [1.82, 2.24) is 9.13 Å². The molecule has 2 aromatic heterocycles. The summed E-state index contributed by atoms with van der Waals surface area (Å²) in [5.74, 6) is -1.45. The number of ether oxygens (including phenoxy) is 1. The van der Waals surface area contributed by atoms with E-state index in [2.05, 4.69) is 233 Å². The fourth-order valence-corrected chi connectivity index (χ4v) is 15.0. The van der Waals surface area contributed by atoms with Crippen molar-refractivity contribution < 1.29 is 17.9 Å². The first-order valence-corrected chi connectivity index (χ1v) is 28.8. The van der Waals surface area contributed by atoms with E-state index in [9.17, 15) is 0 Å². The van der Waals surface area contributed by atoms with Gasteiger partial charge in [-0.1, -0.05) is 140 Å². The van der Waals surface area contributed by atoms with Crippen LogP contribution in [-0.4, -0.2) is 22.6 Å². The average molecular weight is 1100 g/mol. The molecule has 0 N–H and O–H groups in total. The molecule has 0 radical (unpaired) electrons. The van der Waals surface area contributed by atoms with E-state index < -0.39 is 24.2 Å². The maximum atomic E-state index is 17.0. The van der Waals surface area contributed by atoms with Crippen LogP contribution >= 0.6 is 0 Å². The molecule has 12 aromatic carbocycles. The summed E-state index contributed by atoms with van der Waals surface area (Å²) in [6.07, 6.45) is 0. The molecule has 4 aliphatic heterocycles. The van der Waals surface area contributed by atoms with E-state index in [-0.39, 0.29) is 12.4 Å². The largest absolute Gasteiger partial charge is 0.458 e. The van der Waals surface area contributed by atoms with E-state index in [0.29, 0.717) is 11.4 Å². The lowest BCUT2D eigenvalue weighted by molar-refractivity contribution is 0.487. The van der Waals surface area contributed by atoms with Crippen LogP contribution in [0.1, 0.15) is 11.1 Å². The number of fused-ring (bicyclic) bond motifs is 14. The maximum absolute atomic E-state index is 17.0. The number of aromatic nitrogens is 2. The second-order valence-electron chi connectivity index (χ2n) is 22.8. The van der Waals surface area contributed by atoms with Gasteiger partial charge in [0.15, 0.2) is 11.6 Å². The first-order valence-electron chi connectivity index (χ1n) is 28.8. The molecule has 6 heterocycles. The lowest BCUT2D eigenvalue weighted by atomic mass is 9.30. The van der Waals surface area contributed by atoms with Gasteiger partial charge in [0.1, 0.15) is 23.0 Å². The van der Waals surface area contributed by atoms with Crippen LogP contribution in [0.4, 0.5) is 64.4 Å². The predicted octanol–water partition coefficient (Wildman–Crippen LogP) is 15.4. The standard InChI is InChI=1S/C74H46B2F3N5O/c1-43-19-17-32-61-70(43)50-25-9-13-29-58(50)82(61)48-37-65-72-66(38-48)84(74-56(78)35-45(77)36-57(74)79)60-31-15-11-27-52(60)75(72)54-41-55-64(42-63(54)80(65)46-21-5-3-6-22-46)81(47-23-7-4-8-24-47)67-39-49(40-69-73(67)76(55)53-28-12-16-34-68(53)85-69)83-59-30-14-10-26-51(59)71-44(2)20-18-33-62(71)83/h3-42H,1-2H3. The maximum Gasteiger partial charge on any atom is 0.256 e. The SMILES string of the molecule is Cc1cccc2c1c1ccccc1n2-c1cc2c3c(c1)N(c1ccccc1)c1cc4c(cc1B3c1ccccc1O2)B1c2ccccc2N(c2c(F)cc(F)cc2F)c2cc(-n3c5ccccc5c5c(C)cccc53)cc(c21)N4c1ccccc1.